The molecule has 0 N–H and O–H groups in total. The summed E-state index contributed by atoms with van der Waals surface area (Å²) in [4.78, 5) is 4.35. The molecular weight excluding hydrogens is 337 g/mol. The van der Waals surface area contributed by atoms with Crippen molar-refractivity contribution in [2.24, 2.45) is 0 Å². The van der Waals surface area contributed by atoms with Crippen LogP contribution in [0.1, 0.15) is 22.4 Å². The number of ether oxygens (including phenoxy) is 2. The van der Waals surface area contributed by atoms with E-state index in [4.69, 9.17) is 9.47 Å². The molecule has 0 saturated heterocycles. The van der Waals surface area contributed by atoms with Crippen molar-refractivity contribution in [3.05, 3.63) is 52.6 Å². The molecule has 0 fully saturated rings. The number of para-hydroxylation sites is 1. The molecular formula is C16H17BrFNO2. The Morgan fingerprint density at radius 1 is 1.24 bits per heavy atom. The van der Waals surface area contributed by atoms with Crippen LogP contribution in [0.25, 0.3) is 0 Å². The van der Waals surface area contributed by atoms with Crippen LogP contribution in [-0.2, 0) is 11.9 Å². The third-order valence-corrected chi connectivity index (χ3v) is 3.90. The fraction of sp³-hybridized carbons (Fsp3) is 0.312. The van der Waals surface area contributed by atoms with Crippen molar-refractivity contribution in [1.82, 2.24) is 4.98 Å². The first kappa shape index (κ1) is 15.8. The number of halogens is 2. The molecule has 0 radical (unpaired) electrons. The minimum atomic E-state index is -0.372. The highest BCUT2D eigenvalue weighted by Crippen LogP contribution is 2.28. The van der Waals surface area contributed by atoms with E-state index in [1.165, 1.54) is 6.07 Å². The molecule has 3 nitrogen and oxygen atoms in total. The van der Waals surface area contributed by atoms with E-state index in [0.717, 1.165) is 28.1 Å². The second-order valence-corrected chi connectivity index (χ2v) is 5.26. The monoisotopic (exact) mass is 353 g/mol. The Balaban J connectivity index is 2.25. The van der Waals surface area contributed by atoms with Gasteiger partial charge in [-0.3, -0.25) is 4.98 Å². The van der Waals surface area contributed by atoms with E-state index in [0.29, 0.717) is 5.33 Å². The highest BCUT2D eigenvalue weighted by atomic mass is 79.9. The molecule has 0 aliphatic heterocycles. The average molecular weight is 354 g/mol. The van der Waals surface area contributed by atoms with Crippen LogP contribution >= 0.6 is 15.9 Å². The first-order valence-electron chi connectivity index (χ1n) is 6.53. The third kappa shape index (κ3) is 3.35. The van der Waals surface area contributed by atoms with E-state index >= 15 is 0 Å². The number of aryl methyl sites for hydroxylation is 1. The lowest BCUT2D eigenvalue weighted by atomic mass is 10.1. The summed E-state index contributed by atoms with van der Waals surface area (Å²) in [6.07, 6.45) is 1.73. The molecule has 0 amide bonds. The molecule has 112 valence electrons. The Bertz CT molecular complexity index is 646. The van der Waals surface area contributed by atoms with Crippen molar-refractivity contribution in [3.8, 4) is 11.5 Å². The van der Waals surface area contributed by atoms with Crippen LogP contribution in [0.2, 0.25) is 0 Å². The second-order valence-electron chi connectivity index (χ2n) is 4.70. The molecule has 0 unspecified atom stereocenters. The quantitative estimate of drug-likeness (QED) is 0.750. The highest BCUT2D eigenvalue weighted by Gasteiger charge is 2.13. The minimum absolute atomic E-state index is 0.198. The van der Waals surface area contributed by atoms with Crippen LogP contribution in [0.4, 0.5) is 4.39 Å². The molecule has 1 aromatic heterocycles. The van der Waals surface area contributed by atoms with Crippen LogP contribution in [0.5, 0.6) is 11.5 Å². The van der Waals surface area contributed by atoms with Crippen molar-refractivity contribution in [1.29, 1.82) is 0 Å². The molecule has 21 heavy (non-hydrogen) atoms. The summed E-state index contributed by atoms with van der Waals surface area (Å²) in [7, 11) is 1.62. The number of hydrogen-bond acceptors (Lipinski definition) is 3. The lowest BCUT2D eigenvalue weighted by Gasteiger charge is -2.14. The number of methoxy groups -OCH3 is 1. The Labute approximate surface area is 132 Å². The number of benzene rings is 1. The van der Waals surface area contributed by atoms with Crippen LogP contribution in [0.3, 0.4) is 0 Å². The van der Waals surface area contributed by atoms with Gasteiger partial charge in [0.25, 0.3) is 0 Å². The number of hydrogen-bond donors (Lipinski definition) is 0. The average Bonchev–Trinajstić information content (AvgIpc) is 2.48. The molecule has 2 aromatic rings. The predicted octanol–water partition coefficient (Wildman–Crippen LogP) is 4.32. The van der Waals surface area contributed by atoms with Crippen molar-refractivity contribution in [3.63, 3.8) is 0 Å². The fourth-order valence-corrected chi connectivity index (χ4v) is 2.62. The zero-order valence-electron chi connectivity index (χ0n) is 12.2. The second kappa shape index (κ2) is 6.89. The van der Waals surface area contributed by atoms with Gasteiger partial charge in [-0.25, -0.2) is 4.39 Å². The zero-order chi connectivity index (χ0) is 15.4. The first-order valence-corrected chi connectivity index (χ1v) is 7.65. The third-order valence-electron chi connectivity index (χ3n) is 3.30. The van der Waals surface area contributed by atoms with Crippen molar-refractivity contribution in [2.75, 3.05) is 7.11 Å². The Morgan fingerprint density at radius 3 is 2.67 bits per heavy atom. The molecule has 0 aliphatic carbocycles. The Hall–Kier alpha value is -1.62. The smallest absolute Gasteiger partial charge is 0.165 e. The Kier molecular flexibility index (Phi) is 5.17. The summed E-state index contributed by atoms with van der Waals surface area (Å²) in [6, 6.07) is 4.87. The molecule has 0 atom stereocenters. The van der Waals surface area contributed by atoms with Gasteiger partial charge in [-0.15, -0.1) is 0 Å². The van der Waals surface area contributed by atoms with E-state index in [2.05, 4.69) is 20.9 Å². The normalized spacial score (nSPS) is 10.5. The van der Waals surface area contributed by atoms with Gasteiger partial charge in [0.05, 0.1) is 12.8 Å². The van der Waals surface area contributed by atoms with E-state index in [-0.39, 0.29) is 18.2 Å². The summed E-state index contributed by atoms with van der Waals surface area (Å²) in [5, 5.41) is 0.531. The SMILES string of the molecule is COc1c(C)cnc(COc2c(F)cccc2CBr)c1C. The van der Waals surface area contributed by atoms with Crippen molar-refractivity contribution < 1.29 is 13.9 Å². The molecule has 1 aromatic carbocycles. The number of aromatic nitrogens is 1. The van der Waals surface area contributed by atoms with E-state index in [1.54, 1.807) is 19.4 Å². The van der Waals surface area contributed by atoms with Gasteiger partial charge in [0.15, 0.2) is 11.6 Å². The summed E-state index contributed by atoms with van der Waals surface area (Å²) in [6.45, 7) is 4.05. The lowest BCUT2D eigenvalue weighted by molar-refractivity contribution is 0.281. The summed E-state index contributed by atoms with van der Waals surface area (Å²) in [5.74, 6) is 0.677. The van der Waals surface area contributed by atoms with Gasteiger partial charge in [-0.05, 0) is 19.9 Å². The Morgan fingerprint density at radius 2 is 2.00 bits per heavy atom. The minimum Gasteiger partial charge on any atom is -0.496 e. The molecule has 0 aliphatic rings. The number of alkyl halides is 1. The van der Waals surface area contributed by atoms with E-state index in [1.807, 2.05) is 19.9 Å². The molecule has 0 saturated carbocycles. The molecule has 2 rings (SSSR count). The number of pyridine rings is 1. The summed E-state index contributed by atoms with van der Waals surface area (Å²) in [5.41, 5.74) is 3.38. The highest BCUT2D eigenvalue weighted by molar-refractivity contribution is 9.08. The largest absolute Gasteiger partial charge is 0.496 e. The van der Waals surface area contributed by atoms with Gasteiger partial charge in [0.2, 0.25) is 0 Å². The molecule has 0 spiro atoms. The van der Waals surface area contributed by atoms with Gasteiger partial charge in [0.1, 0.15) is 12.4 Å². The maximum absolute atomic E-state index is 13.9. The number of rotatable bonds is 5. The standard InChI is InChI=1S/C16H17BrFNO2/c1-10-8-19-14(11(2)15(10)20-3)9-21-16-12(7-17)5-4-6-13(16)18/h4-6,8H,7,9H2,1-3H3. The van der Waals surface area contributed by atoms with E-state index < -0.39 is 0 Å². The predicted molar refractivity (Wildman–Crippen MR) is 83.6 cm³/mol. The summed E-state index contributed by atoms with van der Waals surface area (Å²) >= 11 is 3.33. The van der Waals surface area contributed by atoms with Crippen LogP contribution < -0.4 is 9.47 Å². The van der Waals surface area contributed by atoms with Crippen LogP contribution in [-0.4, -0.2) is 12.1 Å². The number of nitrogens with zero attached hydrogens (tertiary/aromatic N) is 1. The van der Waals surface area contributed by atoms with Gasteiger partial charge < -0.3 is 9.47 Å². The molecule has 0 bridgehead atoms. The van der Waals surface area contributed by atoms with Crippen molar-refractivity contribution in [2.45, 2.75) is 25.8 Å². The lowest BCUT2D eigenvalue weighted by Crippen LogP contribution is -2.06. The maximum Gasteiger partial charge on any atom is 0.165 e. The van der Waals surface area contributed by atoms with Crippen LogP contribution in [0.15, 0.2) is 24.4 Å². The molecule has 1 heterocycles. The first-order chi connectivity index (χ1) is 10.1. The fourth-order valence-electron chi connectivity index (χ4n) is 2.18. The van der Waals surface area contributed by atoms with Gasteiger partial charge in [-0.1, -0.05) is 28.1 Å². The van der Waals surface area contributed by atoms with Gasteiger partial charge in [-0.2, -0.15) is 0 Å². The van der Waals surface area contributed by atoms with Crippen molar-refractivity contribution >= 4 is 15.9 Å². The topological polar surface area (TPSA) is 31.4 Å². The van der Waals surface area contributed by atoms with Gasteiger partial charge in [0, 0.05) is 28.2 Å². The van der Waals surface area contributed by atoms with E-state index in [9.17, 15) is 4.39 Å². The zero-order valence-corrected chi connectivity index (χ0v) is 13.8. The summed E-state index contributed by atoms with van der Waals surface area (Å²) < 4.78 is 24.9. The maximum atomic E-state index is 13.9. The molecule has 5 heteroatoms. The van der Waals surface area contributed by atoms with Crippen LogP contribution in [0, 0.1) is 19.7 Å². The van der Waals surface area contributed by atoms with Gasteiger partial charge >= 0.3 is 0 Å².